The Morgan fingerprint density at radius 3 is 2.50 bits per heavy atom. The van der Waals surface area contributed by atoms with Crippen molar-refractivity contribution >= 4 is 15.9 Å². The number of rotatable bonds is 6. The summed E-state index contributed by atoms with van der Waals surface area (Å²) in [5, 5.41) is 7.67. The quantitative estimate of drug-likeness (QED) is 0.761. The number of hydrogen-bond acceptors (Lipinski definition) is 4. The minimum atomic E-state index is -3.72. The third-order valence-corrected chi connectivity index (χ3v) is 3.92. The fraction of sp³-hybridized carbons (Fsp3) is 0.462. The maximum absolute atomic E-state index is 11.4. The van der Waals surface area contributed by atoms with Gasteiger partial charge in [0.05, 0.1) is 11.5 Å². The number of aryl methyl sites for hydroxylation is 2. The van der Waals surface area contributed by atoms with Gasteiger partial charge in [-0.3, -0.25) is 4.79 Å². The number of primary sulfonamides is 1. The SMILES string of the molecule is CNC(=O)CCCOc1cc(C)c(S(N)(=O)=O)cc1C. The number of sulfonamides is 1. The highest BCUT2D eigenvalue weighted by Crippen LogP contribution is 2.25. The zero-order valence-electron chi connectivity index (χ0n) is 11.9. The Labute approximate surface area is 119 Å². The lowest BCUT2D eigenvalue weighted by Gasteiger charge is -2.12. The molecule has 0 aliphatic heterocycles. The number of ether oxygens (including phenoxy) is 1. The molecule has 0 spiro atoms. The molecule has 7 heteroatoms. The summed E-state index contributed by atoms with van der Waals surface area (Å²) in [4.78, 5) is 11.2. The molecule has 6 nitrogen and oxygen atoms in total. The van der Waals surface area contributed by atoms with Crippen molar-refractivity contribution in [3.63, 3.8) is 0 Å². The van der Waals surface area contributed by atoms with E-state index in [-0.39, 0.29) is 10.8 Å². The van der Waals surface area contributed by atoms with Crippen molar-refractivity contribution in [3.05, 3.63) is 23.3 Å². The summed E-state index contributed by atoms with van der Waals surface area (Å²) in [6.07, 6.45) is 0.985. The zero-order chi connectivity index (χ0) is 15.3. The predicted octanol–water partition coefficient (Wildman–Crippen LogP) is 0.856. The molecule has 0 heterocycles. The van der Waals surface area contributed by atoms with Crippen molar-refractivity contribution in [2.45, 2.75) is 31.6 Å². The number of nitrogens with one attached hydrogen (secondary N) is 1. The van der Waals surface area contributed by atoms with E-state index in [9.17, 15) is 13.2 Å². The second kappa shape index (κ2) is 6.71. The van der Waals surface area contributed by atoms with Crippen LogP contribution in [0.3, 0.4) is 0 Å². The molecule has 0 radical (unpaired) electrons. The van der Waals surface area contributed by atoms with Gasteiger partial charge in [0.25, 0.3) is 0 Å². The molecule has 0 aliphatic carbocycles. The van der Waals surface area contributed by atoms with Crippen LogP contribution in [0, 0.1) is 13.8 Å². The molecule has 1 rings (SSSR count). The van der Waals surface area contributed by atoms with Gasteiger partial charge >= 0.3 is 0 Å². The minimum absolute atomic E-state index is 0.0360. The summed E-state index contributed by atoms with van der Waals surface area (Å²) in [6.45, 7) is 3.81. The van der Waals surface area contributed by atoms with Crippen LogP contribution in [-0.2, 0) is 14.8 Å². The van der Waals surface area contributed by atoms with Crippen LogP contribution in [0.1, 0.15) is 24.0 Å². The maximum Gasteiger partial charge on any atom is 0.238 e. The van der Waals surface area contributed by atoms with E-state index in [2.05, 4.69) is 5.32 Å². The van der Waals surface area contributed by atoms with Crippen molar-refractivity contribution in [3.8, 4) is 5.75 Å². The third-order valence-electron chi connectivity index (χ3n) is 2.86. The van der Waals surface area contributed by atoms with E-state index in [1.54, 1.807) is 27.0 Å². The van der Waals surface area contributed by atoms with Gasteiger partial charge in [0.2, 0.25) is 15.9 Å². The highest BCUT2D eigenvalue weighted by molar-refractivity contribution is 7.89. The van der Waals surface area contributed by atoms with Crippen LogP contribution in [0.15, 0.2) is 17.0 Å². The summed E-state index contributed by atoms with van der Waals surface area (Å²) in [7, 11) is -2.14. The van der Waals surface area contributed by atoms with Crippen LogP contribution in [0.5, 0.6) is 5.75 Å². The maximum atomic E-state index is 11.4. The molecule has 0 bridgehead atoms. The first kappa shape index (κ1) is 16.5. The molecular formula is C13H20N2O4S. The average Bonchev–Trinajstić information content (AvgIpc) is 2.36. The van der Waals surface area contributed by atoms with E-state index >= 15 is 0 Å². The Morgan fingerprint density at radius 1 is 1.30 bits per heavy atom. The Balaban J connectivity index is 2.74. The highest BCUT2D eigenvalue weighted by atomic mass is 32.2. The summed E-state index contributed by atoms with van der Waals surface area (Å²) < 4.78 is 28.3. The van der Waals surface area contributed by atoms with E-state index in [0.717, 1.165) is 0 Å². The summed E-state index contributed by atoms with van der Waals surface area (Å²) in [5.74, 6) is 0.567. The summed E-state index contributed by atoms with van der Waals surface area (Å²) >= 11 is 0. The largest absolute Gasteiger partial charge is 0.493 e. The van der Waals surface area contributed by atoms with Gasteiger partial charge in [-0.2, -0.15) is 0 Å². The lowest BCUT2D eigenvalue weighted by Crippen LogP contribution is -2.18. The second-order valence-electron chi connectivity index (χ2n) is 4.55. The van der Waals surface area contributed by atoms with Crippen LogP contribution >= 0.6 is 0 Å². The number of amides is 1. The molecule has 0 unspecified atom stereocenters. The van der Waals surface area contributed by atoms with Crippen LogP contribution in [0.25, 0.3) is 0 Å². The van der Waals surface area contributed by atoms with Gasteiger partial charge < -0.3 is 10.1 Å². The van der Waals surface area contributed by atoms with E-state index in [0.29, 0.717) is 36.3 Å². The van der Waals surface area contributed by atoms with E-state index < -0.39 is 10.0 Å². The van der Waals surface area contributed by atoms with Gasteiger partial charge in [-0.05, 0) is 43.5 Å². The molecule has 1 aromatic rings. The van der Waals surface area contributed by atoms with E-state index in [4.69, 9.17) is 9.88 Å². The van der Waals surface area contributed by atoms with Crippen molar-refractivity contribution in [1.82, 2.24) is 5.32 Å². The number of carbonyl (C=O) groups excluding carboxylic acids is 1. The molecule has 20 heavy (non-hydrogen) atoms. The zero-order valence-corrected chi connectivity index (χ0v) is 12.7. The van der Waals surface area contributed by atoms with E-state index in [1.807, 2.05) is 0 Å². The van der Waals surface area contributed by atoms with Crippen LogP contribution < -0.4 is 15.2 Å². The number of nitrogens with two attached hydrogens (primary N) is 1. The lowest BCUT2D eigenvalue weighted by atomic mass is 10.1. The van der Waals surface area contributed by atoms with Gasteiger partial charge in [-0.25, -0.2) is 13.6 Å². The Morgan fingerprint density at radius 2 is 1.95 bits per heavy atom. The molecule has 0 saturated heterocycles. The highest BCUT2D eigenvalue weighted by Gasteiger charge is 2.14. The van der Waals surface area contributed by atoms with Crippen LogP contribution in [-0.4, -0.2) is 28.0 Å². The summed E-state index contributed by atoms with van der Waals surface area (Å²) in [6, 6.07) is 3.15. The Bertz CT molecular complexity index is 597. The van der Waals surface area contributed by atoms with Gasteiger partial charge in [-0.1, -0.05) is 0 Å². The molecule has 1 amide bonds. The summed E-state index contributed by atoms with van der Waals surface area (Å²) in [5.41, 5.74) is 1.24. The molecular weight excluding hydrogens is 280 g/mol. The number of carbonyl (C=O) groups is 1. The fourth-order valence-corrected chi connectivity index (χ4v) is 2.61. The minimum Gasteiger partial charge on any atom is -0.493 e. The number of hydrogen-bond donors (Lipinski definition) is 2. The second-order valence-corrected chi connectivity index (χ2v) is 6.08. The molecule has 0 fully saturated rings. The molecule has 3 N–H and O–H groups in total. The third kappa shape index (κ3) is 4.50. The van der Waals surface area contributed by atoms with Crippen molar-refractivity contribution in [2.24, 2.45) is 5.14 Å². The van der Waals surface area contributed by atoms with Crippen molar-refractivity contribution < 1.29 is 17.9 Å². The average molecular weight is 300 g/mol. The first-order valence-corrected chi connectivity index (χ1v) is 7.77. The molecule has 0 aromatic heterocycles. The normalized spacial score (nSPS) is 11.2. The van der Waals surface area contributed by atoms with Crippen molar-refractivity contribution in [2.75, 3.05) is 13.7 Å². The standard InChI is InChI=1S/C13H20N2O4S/c1-9-8-12(20(14,17)18)10(2)7-11(9)19-6-4-5-13(16)15-3/h7-8H,4-6H2,1-3H3,(H,15,16)(H2,14,17,18). The predicted molar refractivity (Wildman–Crippen MR) is 76.1 cm³/mol. The van der Waals surface area contributed by atoms with Gasteiger partial charge in [0.15, 0.2) is 0 Å². The molecule has 0 saturated carbocycles. The molecule has 112 valence electrons. The molecule has 0 aliphatic rings. The Kier molecular flexibility index (Phi) is 5.52. The van der Waals surface area contributed by atoms with Gasteiger partial charge in [-0.15, -0.1) is 0 Å². The van der Waals surface area contributed by atoms with E-state index in [1.165, 1.54) is 6.07 Å². The first-order chi connectivity index (χ1) is 9.25. The monoisotopic (exact) mass is 300 g/mol. The molecule has 1 aromatic carbocycles. The number of benzene rings is 1. The van der Waals surface area contributed by atoms with Gasteiger partial charge in [0.1, 0.15) is 5.75 Å². The topological polar surface area (TPSA) is 98.5 Å². The smallest absolute Gasteiger partial charge is 0.238 e. The molecule has 0 atom stereocenters. The lowest BCUT2D eigenvalue weighted by molar-refractivity contribution is -0.120. The first-order valence-electron chi connectivity index (χ1n) is 6.23. The fourth-order valence-electron chi connectivity index (χ4n) is 1.77. The Hall–Kier alpha value is -1.60. The van der Waals surface area contributed by atoms with Crippen LogP contribution in [0.4, 0.5) is 0 Å². The van der Waals surface area contributed by atoms with Crippen LogP contribution in [0.2, 0.25) is 0 Å². The van der Waals surface area contributed by atoms with Gasteiger partial charge in [0, 0.05) is 13.5 Å². The van der Waals surface area contributed by atoms with Crippen molar-refractivity contribution in [1.29, 1.82) is 0 Å².